The lowest BCUT2D eigenvalue weighted by Gasteiger charge is -2.11. The maximum Gasteiger partial charge on any atom is 0.228 e. The number of hydrogen-bond acceptors (Lipinski definition) is 3. The van der Waals surface area contributed by atoms with E-state index in [1.165, 1.54) is 0 Å². The minimum Gasteiger partial charge on any atom is -0.497 e. The van der Waals surface area contributed by atoms with E-state index in [0.29, 0.717) is 17.2 Å². The second-order valence-corrected chi connectivity index (χ2v) is 4.63. The number of ether oxygens (including phenoxy) is 2. The SMILES string of the molecule is C#Cc1cccc(NC(=O)Cc2cc(OC)ccc2OC)c1. The van der Waals surface area contributed by atoms with Gasteiger partial charge in [0.15, 0.2) is 0 Å². The number of terminal acetylenes is 1. The van der Waals surface area contributed by atoms with Crippen molar-refractivity contribution in [3.05, 3.63) is 53.6 Å². The molecule has 0 aliphatic rings. The van der Waals surface area contributed by atoms with E-state index in [4.69, 9.17) is 15.9 Å². The highest BCUT2D eigenvalue weighted by Crippen LogP contribution is 2.24. The van der Waals surface area contributed by atoms with Crippen LogP contribution in [-0.2, 0) is 11.2 Å². The predicted octanol–water partition coefficient (Wildman–Crippen LogP) is 2.87. The number of carbonyl (C=O) groups excluding carboxylic acids is 1. The lowest BCUT2D eigenvalue weighted by molar-refractivity contribution is -0.115. The number of anilines is 1. The Morgan fingerprint density at radius 3 is 2.68 bits per heavy atom. The van der Waals surface area contributed by atoms with E-state index in [0.717, 1.165) is 11.1 Å². The lowest BCUT2D eigenvalue weighted by atomic mass is 10.1. The average molecular weight is 295 g/mol. The molecule has 2 aromatic carbocycles. The highest BCUT2D eigenvalue weighted by atomic mass is 16.5. The van der Waals surface area contributed by atoms with Crippen molar-refractivity contribution in [1.82, 2.24) is 0 Å². The van der Waals surface area contributed by atoms with Crippen LogP contribution in [0.3, 0.4) is 0 Å². The summed E-state index contributed by atoms with van der Waals surface area (Å²) in [5.74, 6) is 3.71. The maximum absolute atomic E-state index is 12.2. The van der Waals surface area contributed by atoms with Gasteiger partial charge in [0.25, 0.3) is 0 Å². The molecule has 112 valence electrons. The summed E-state index contributed by atoms with van der Waals surface area (Å²) in [4.78, 5) is 12.2. The van der Waals surface area contributed by atoms with Gasteiger partial charge in [-0.1, -0.05) is 12.0 Å². The first kappa shape index (κ1) is 15.5. The maximum atomic E-state index is 12.2. The van der Waals surface area contributed by atoms with Gasteiger partial charge in [-0.15, -0.1) is 6.42 Å². The highest BCUT2D eigenvalue weighted by molar-refractivity contribution is 5.92. The number of amides is 1. The van der Waals surface area contributed by atoms with E-state index >= 15 is 0 Å². The lowest BCUT2D eigenvalue weighted by Crippen LogP contribution is -2.15. The van der Waals surface area contributed by atoms with Gasteiger partial charge in [0.05, 0.1) is 20.6 Å². The Balaban J connectivity index is 2.13. The summed E-state index contributed by atoms with van der Waals surface area (Å²) in [5, 5.41) is 2.82. The standard InChI is InChI=1S/C18H17NO3/c1-4-13-6-5-7-15(10-13)19-18(20)12-14-11-16(21-2)8-9-17(14)22-3/h1,5-11H,12H2,2-3H3,(H,19,20). The van der Waals surface area contributed by atoms with Crippen LogP contribution in [0, 0.1) is 12.3 Å². The molecule has 0 fully saturated rings. The molecular formula is C18H17NO3. The number of benzene rings is 2. The van der Waals surface area contributed by atoms with Crippen LogP contribution in [0.4, 0.5) is 5.69 Å². The van der Waals surface area contributed by atoms with E-state index in [9.17, 15) is 4.79 Å². The fourth-order valence-corrected chi connectivity index (χ4v) is 2.08. The second kappa shape index (κ2) is 7.19. The van der Waals surface area contributed by atoms with Crippen molar-refractivity contribution in [3.8, 4) is 23.8 Å². The number of carbonyl (C=O) groups is 1. The second-order valence-electron chi connectivity index (χ2n) is 4.63. The summed E-state index contributed by atoms with van der Waals surface area (Å²) in [6.07, 6.45) is 5.53. The first-order valence-electron chi connectivity index (χ1n) is 6.73. The summed E-state index contributed by atoms with van der Waals surface area (Å²) in [5.41, 5.74) is 2.14. The minimum atomic E-state index is -0.152. The van der Waals surface area contributed by atoms with Crippen molar-refractivity contribution in [2.75, 3.05) is 19.5 Å². The average Bonchev–Trinajstić information content (AvgIpc) is 2.54. The fraction of sp³-hybridized carbons (Fsp3) is 0.167. The van der Waals surface area contributed by atoms with Crippen LogP contribution < -0.4 is 14.8 Å². The summed E-state index contributed by atoms with van der Waals surface area (Å²) < 4.78 is 10.4. The third kappa shape index (κ3) is 3.80. The molecule has 0 heterocycles. The molecule has 4 heteroatoms. The third-order valence-corrected chi connectivity index (χ3v) is 3.15. The molecule has 0 aromatic heterocycles. The Morgan fingerprint density at radius 2 is 2.00 bits per heavy atom. The van der Waals surface area contributed by atoms with Gasteiger partial charge in [-0.3, -0.25) is 4.79 Å². The molecule has 0 saturated carbocycles. The minimum absolute atomic E-state index is 0.152. The Bertz CT molecular complexity index is 717. The molecule has 22 heavy (non-hydrogen) atoms. The van der Waals surface area contributed by atoms with Gasteiger partial charge in [0.2, 0.25) is 5.91 Å². The van der Waals surface area contributed by atoms with Crippen molar-refractivity contribution in [2.24, 2.45) is 0 Å². The number of methoxy groups -OCH3 is 2. The summed E-state index contributed by atoms with van der Waals surface area (Å²) in [6.45, 7) is 0. The molecule has 2 aromatic rings. The van der Waals surface area contributed by atoms with Gasteiger partial charge in [-0.2, -0.15) is 0 Å². The van der Waals surface area contributed by atoms with Crippen LogP contribution in [0.2, 0.25) is 0 Å². The molecule has 0 radical (unpaired) electrons. The molecule has 0 aliphatic heterocycles. The summed E-state index contributed by atoms with van der Waals surface area (Å²) >= 11 is 0. The zero-order valence-electron chi connectivity index (χ0n) is 12.6. The Labute approximate surface area is 130 Å². The summed E-state index contributed by atoms with van der Waals surface area (Å²) in [7, 11) is 3.15. The van der Waals surface area contributed by atoms with Gasteiger partial charge in [0.1, 0.15) is 11.5 Å². The molecule has 2 rings (SSSR count). The van der Waals surface area contributed by atoms with Gasteiger partial charge >= 0.3 is 0 Å². The van der Waals surface area contributed by atoms with Crippen LogP contribution in [-0.4, -0.2) is 20.1 Å². The Kier molecular flexibility index (Phi) is 5.05. The molecule has 4 nitrogen and oxygen atoms in total. The smallest absolute Gasteiger partial charge is 0.228 e. The van der Waals surface area contributed by atoms with Gasteiger partial charge in [-0.05, 0) is 36.4 Å². The zero-order valence-corrected chi connectivity index (χ0v) is 12.6. The number of hydrogen-bond donors (Lipinski definition) is 1. The molecule has 1 amide bonds. The van der Waals surface area contributed by atoms with Crippen LogP contribution >= 0.6 is 0 Å². The van der Waals surface area contributed by atoms with Crippen LogP contribution in [0.15, 0.2) is 42.5 Å². The molecule has 0 unspecified atom stereocenters. The number of nitrogens with one attached hydrogen (secondary N) is 1. The van der Waals surface area contributed by atoms with Crippen molar-refractivity contribution < 1.29 is 14.3 Å². The zero-order chi connectivity index (χ0) is 15.9. The van der Waals surface area contributed by atoms with E-state index in [-0.39, 0.29) is 12.3 Å². The van der Waals surface area contributed by atoms with Gasteiger partial charge < -0.3 is 14.8 Å². The quantitative estimate of drug-likeness (QED) is 0.863. The Hall–Kier alpha value is -2.93. The van der Waals surface area contributed by atoms with E-state index in [1.807, 2.05) is 0 Å². The first-order chi connectivity index (χ1) is 10.7. The highest BCUT2D eigenvalue weighted by Gasteiger charge is 2.10. The molecular weight excluding hydrogens is 278 g/mol. The van der Waals surface area contributed by atoms with Crippen molar-refractivity contribution in [2.45, 2.75) is 6.42 Å². The van der Waals surface area contributed by atoms with Gasteiger partial charge in [-0.25, -0.2) is 0 Å². The van der Waals surface area contributed by atoms with Crippen LogP contribution in [0.5, 0.6) is 11.5 Å². The third-order valence-electron chi connectivity index (χ3n) is 3.15. The van der Waals surface area contributed by atoms with E-state index in [2.05, 4.69) is 11.2 Å². The normalized spacial score (nSPS) is 9.68. The van der Waals surface area contributed by atoms with Gasteiger partial charge in [0, 0.05) is 16.8 Å². The monoisotopic (exact) mass is 295 g/mol. The first-order valence-corrected chi connectivity index (χ1v) is 6.73. The van der Waals surface area contributed by atoms with Crippen LogP contribution in [0.25, 0.3) is 0 Å². The Morgan fingerprint density at radius 1 is 1.18 bits per heavy atom. The molecule has 1 N–H and O–H groups in total. The van der Waals surface area contributed by atoms with Crippen LogP contribution in [0.1, 0.15) is 11.1 Å². The summed E-state index contributed by atoms with van der Waals surface area (Å²) in [6, 6.07) is 12.5. The van der Waals surface area contributed by atoms with E-state index < -0.39 is 0 Å². The predicted molar refractivity (Wildman–Crippen MR) is 86.3 cm³/mol. The van der Waals surface area contributed by atoms with Crippen molar-refractivity contribution >= 4 is 11.6 Å². The fourth-order valence-electron chi connectivity index (χ4n) is 2.08. The molecule has 0 aliphatic carbocycles. The van der Waals surface area contributed by atoms with Crippen molar-refractivity contribution in [1.29, 1.82) is 0 Å². The molecule has 0 spiro atoms. The van der Waals surface area contributed by atoms with E-state index in [1.54, 1.807) is 56.7 Å². The molecule has 0 atom stereocenters. The van der Waals surface area contributed by atoms with Crippen molar-refractivity contribution in [3.63, 3.8) is 0 Å². The largest absolute Gasteiger partial charge is 0.497 e. The molecule has 0 bridgehead atoms. The topological polar surface area (TPSA) is 47.6 Å². The number of rotatable bonds is 5. The molecule has 0 saturated heterocycles.